The van der Waals surface area contributed by atoms with Crippen molar-refractivity contribution in [1.29, 1.82) is 0 Å². The third-order valence-electron chi connectivity index (χ3n) is 8.41. The Morgan fingerprint density at radius 1 is 1.23 bits per heavy atom. The first-order valence-corrected chi connectivity index (χ1v) is 9.66. The highest BCUT2D eigenvalue weighted by atomic mass is 19.4. The van der Waals surface area contributed by atoms with Crippen LogP contribution in [0.1, 0.15) is 52.9 Å². The predicted octanol–water partition coefficient (Wildman–Crippen LogP) is 4.83. The van der Waals surface area contributed by atoms with Crippen LogP contribution < -0.4 is 0 Å². The van der Waals surface area contributed by atoms with Crippen LogP contribution in [0.15, 0.2) is 23.8 Å². The van der Waals surface area contributed by atoms with Crippen LogP contribution in [0.2, 0.25) is 0 Å². The van der Waals surface area contributed by atoms with E-state index in [-0.39, 0.29) is 34.9 Å². The molecule has 0 spiro atoms. The van der Waals surface area contributed by atoms with E-state index in [1.807, 2.05) is 0 Å². The number of hydrogen-bond donors (Lipinski definition) is 1. The van der Waals surface area contributed by atoms with Gasteiger partial charge in [-0.3, -0.25) is 4.79 Å². The van der Waals surface area contributed by atoms with Gasteiger partial charge in [-0.25, -0.2) is 0 Å². The second kappa shape index (κ2) is 5.24. The van der Waals surface area contributed by atoms with Gasteiger partial charge in [0.25, 0.3) is 0 Å². The van der Waals surface area contributed by atoms with Crippen molar-refractivity contribution >= 4 is 5.78 Å². The van der Waals surface area contributed by atoms with Gasteiger partial charge in [0.05, 0.1) is 0 Å². The molecule has 4 rings (SSSR count). The Morgan fingerprint density at radius 3 is 2.58 bits per heavy atom. The number of alkyl halides is 3. The van der Waals surface area contributed by atoms with Gasteiger partial charge in [-0.1, -0.05) is 32.4 Å². The minimum atomic E-state index is -4.66. The standard InChI is InChI=1S/C21H27F3O2/c1-12-10-13-11-14(25)4-7-18(13,2)15-5-8-19(3)16(17(12)15)6-9-20(19,26)21(22,23)24/h6,9,11-12,15-17,26H,4-5,7-8,10H2,1-3H3/t12?,15-,16+,17-,18+,19+,20?/m1/s1. The molecule has 0 aromatic carbocycles. The zero-order valence-corrected chi connectivity index (χ0v) is 15.6. The maximum Gasteiger partial charge on any atom is 0.421 e. The van der Waals surface area contributed by atoms with Crippen LogP contribution in [0.4, 0.5) is 13.2 Å². The molecule has 5 heteroatoms. The number of carbonyl (C=O) groups is 1. The average molecular weight is 368 g/mol. The molecule has 1 N–H and O–H groups in total. The molecule has 0 saturated heterocycles. The van der Waals surface area contributed by atoms with E-state index in [9.17, 15) is 23.1 Å². The maximum atomic E-state index is 13.7. The second-order valence-corrected chi connectivity index (χ2v) is 9.52. The van der Waals surface area contributed by atoms with Crippen molar-refractivity contribution in [2.75, 3.05) is 0 Å². The molecule has 0 aromatic rings. The van der Waals surface area contributed by atoms with E-state index < -0.39 is 17.2 Å². The number of hydrogen-bond acceptors (Lipinski definition) is 2. The Kier molecular flexibility index (Phi) is 3.68. The molecule has 0 bridgehead atoms. The highest BCUT2D eigenvalue weighted by molar-refractivity contribution is 5.91. The molecule has 7 atom stereocenters. The molecule has 4 aliphatic carbocycles. The number of carbonyl (C=O) groups excluding carboxylic acids is 1. The molecule has 2 unspecified atom stereocenters. The van der Waals surface area contributed by atoms with Crippen molar-refractivity contribution in [2.24, 2.45) is 34.5 Å². The summed E-state index contributed by atoms with van der Waals surface area (Å²) in [5.41, 5.74) is -2.85. The molecule has 2 fully saturated rings. The molecule has 4 aliphatic rings. The lowest BCUT2D eigenvalue weighted by atomic mass is 9.44. The van der Waals surface area contributed by atoms with Crippen LogP contribution in [-0.4, -0.2) is 22.7 Å². The van der Waals surface area contributed by atoms with E-state index >= 15 is 0 Å². The van der Waals surface area contributed by atoms with Crippen LogP contribution in [-0.2, 0) is 4.79 Å². The zero-order chi connectivity index (χ0) is 19.1. The number of fused-ring (bicyclic) bond motifs is 5. The zero-order valence-electron chi connectivity index (χ0n) is 15.6. The van der Waals surface area contributed by atoms with Crippen LogP contribution in [0.5, 0.6) is 0 Å². The molecule has 0 heterocycles. The summed E-state index contributed by atoms with van der Waals surface area (Å²) in [7, 11) is 0. The van der Waals surface area contributed by atoms with Crippen molar-refractivity contribution in [3.63, 3.8) is 0 Å². The van der Waals surface area contributed by atoms with Crippen molar-refractivity contribution in [1.82, 2.24) is 0 Å². The quantitative estimate of drug-likeness (QED) is 0.622. The molecule has 0 amide bonds. The van der Waals surface area contributed by atoms with E-state index in [1.165, 1.54) is 5.57 Å². The smallest absolute Gasteiger partial charge is 0.376 e. The molecule has 2 saturated carbocycles. The van der Waals surface area contributed by atoms with Crippen molar-refractivity contribution in [2.45, 2.75) is 64.7 Å². The molecule has 144 valence electrons. The maximum absolute atomic E-state index is 13.7. The molecular formula is C21H27F3O2. The SMILES string of the molecule is CC1CC2=CC(=O)CC[C@]2(C)[C@@H]2CC[C@@]3(C)[C@@H](C=CC3(O)C(F)(F)F)[C@H]12. The number of aliphatic hydroxyl groups is 1. The Morgan fingerprint density at radius 2 is 1.92 bits per heavy atom. The summed E-state index contributed by atoms with van der Waals surface area (Å²) in [6.07, 6.45) is 2.93. The summed E-state index contributed by atoms with van der Waals surface area (Å²) < 4.78 is 41.2. The van der Waals surface area contributed by atoms with Gasteiger partial charge in [0.2, 0.25) is 0 Å². The van der Waals surface area contributed by atoms with Crippen LogP contribution in [0.25, 0.3) is 0 Å². The number of rotatable bonds is 0. The average Bonchev–Trinajstić information content (AvgIpc) is 2.82. The molecular weight excluding hydrogens is 341 g/mol. The van der Waals surface area contributed by atoms with E-state index in [2.05, 4.69) is 13.8 Å². The summed E-state index contributed by atoms with van der Waals surface area (Å²) in [6.45, 7) is 5.92. The van der Waals surface area contributed by atoms with Crippen molar-refractivity contribution in [3.05, 3.63) is 23.8 Å². The first-order chi connectivity index (χ1) is 11.9. The molecule has 0 radical (unpaired) electrons. The van der Waals surface area contributed by atoms with Gasteiger partial charge < -0.3 is 5.11 Å². The Bertz CT molecular complexity index is 709. The number of ketones is 1. The summed E-state index contributed by atoms with van der Waals surface area (Å²) in [5, 5.41) is 10.6. The Labute approximate surface area is 152 Å². The fourth-order valence-electron chi connectivity index (χ4n) is 6.79. The van der Waals surface area contributed by atoms with Crippen LogP contribution in [0, 0.1) is 34.5 Å². The fourth-order valence-corrected chi connectivity index (χ4v) is 6.79. The summed E-state index contributed by atoms with van der Waals surface area (Å²) in [4.78, 5) is 11.9. The van der Waals surface area contributed by atoms with Crippen molar-refractivity contribution in [3.8, 4) is 0 Å². The molecule has 0 aliphatic heterocycles. The first-order valence-electron chi connectivity index (χ1n) is 9.66. The highest BCUT2D eigenvalue weighted by Gasteiger charge is 2.71. The molecule has 0 aromatic heterocycles. The lowest BCUT2D eigenvalue weighted by Crippen LogP contribution is -2.61. The van der Waals surface area contributed by atoms with Gasteiger partial charge in [0.15, 0.2) is 11.4 Å². The minimum Gasteiger partial charge on any atom is -0.376 e. The summed E-state index contributed by atoms with van der Waals surface area (Å²) in [5.74, 6) is 0.477. The van der Waals surface area contributed by atoms with Gasteiger partial charge in [-0.15, -0.1) is 0 Å². The summed E-state index contributed by atoms with van der Waals surface area (Å²) in [6, 6.07) is 0. The Balaban J connectivity index is 1.76. The highest BCUT2D eigenvalue weighted by Crippen LogP contribution is 2.68. The lowest BCUT2D eigenvalue weighted by Gasteiger charge is -2.61. The van der Waals surface area contributed by atoms with Gasteiger partial charge in [0, 0.05) is 11.8 Å². The third kappa shape index (κ3) is 2.07. The topological polar surface area (TPSA) is 37.3 Å². The largest absolute Gasteiger partial charge is 0.421 e. The van der Waals surface area contributed by atoms with Gasteiger partial charge in [0.1, 0.15) is 0 Å². The minimum absolute atomic E-state index is 0.0980. The number of allylic oxidation sites excluding steroid dienone is 3. The van der Waals surface area contributed by atoms with E-state index in [0.29, 0.717) is 19.3 Å². The number of halogens is 3. The lowest BCUT2D eigenvalue weighted by molar-refractivity contribution is -0.289. The van der Waals surface area contributed by atoms with Crippen LogP contribution >= 0.6 is 0 Å². The fraction of sp³-hybridized carbons (Fsp3) is 0.762. The van der Waals surface area contributed by atoms with Gasteiger partial charge >= 0.3 is 6.18 Å². The van der Waals surface area contributed by atoms with Crippen LogP contribution in [0.3, 0.4) is 0 Å². The summed E-state index contributed by atoms with van der Waals surface area (Å²) >= 11 is 0. The van der Waals surface area contributed by atoms with E-state index in [0.717, 1.165) is 18.9 Å². The second-order valence-electron chi connectivity index (χ2n) is 9.52. The van der Waals surface area contributed by atoms with E-state index in [1.54, 1.807) is 19.1 Å². The van der Waals surface area contributed by atoms with Gasteiger partial charge in [-0.05, 0) is 66.9 Å². The monoisotopic (exact) mass is 368 g/mol. The molecule has 2 nitrogen and oxygen atoms in total. The predicted molar refractivity (Wildman–Crippen MR) is 92.2 cm³/mol. The normalized spacial score (nSPS) is 50.7. The molecule has 26 heavy (non-hydrogen) atoms. The first kappa shape index (κ1) is 18.3. The third-order valence-corrected chi connectivity index (χ3v) is 8.41. The van der Waals surface area contributed by atoms with Crippen molar-refractivity contribution < 1.29 is 23.1 Å². The Hall–Kier alpha value is -1.10. The van der Waals surface area contributed by atoms with E-state index in [4.69, 9.17) is 0 Å². The van der Waals surface area contributed by atoms with Gasteiger partial charge in [-0.2, -0.15) is 13.2 Å².